The van der Waals surface area contributed by atoms with Gasteiger partial charge in [-0.15, -0.1) is 10.2 Å². The summed E-state index contributed by atoms with van der Waals surface area (Å²) in [5.74, 6) is 2.07. The lowest BCUT2D eigenvalue weighted by molar-refractivity contribution is 0.613. The van der Waals surface area contributed by atoms with Gasteiger partial charge in [0.1, 0.15) is 5.82 Å². The molecule has 0 aliphatic carbocycles. The number of halogens is 2. The van der Waals surface area contributed by atoms with Crippen LogP contribution in [-0.2, 0) is 12.3 Å². The molecule has 0 N–H and O–H groups in total. The molecule has 0 bridgehead atoms. The summed E-state index contributed by atoms with van der Waals surface area (Å²) in [6.07, 6.45) is 0. The number of aromatic nitrogens is 3. The van der Waals surface area contributed by atoms with E-state index in [1.165, 1.54) is 0 Å². The maximum Gasteiger partial charge on any atom is 0.191 e. The SMILES string of the molecule is CCn1c(SCc2c(Cl)cccc2Cl)nnc1C(C)C. The fraction of sp³-hybridized carbons (Fsp3) is 0.429. The maximum atomic E-state index is 6.18. The van der Waals surface area contributed by atoms with Gasteiger partial charge in [-0.1, -0.05) is 54.9 Å². The zero-order valence-electron chi connectivity index (χ0n) is 11.7. The first-order chi connectivity index (χ1) is 9.54. The lowest BCUT2D eigenvalue weighted by Crippen LogP contribution is -2.04. The van der Waals surface area contributed by atoms with Crippen LogP contribution in [0.5, 0.6) is 0 Å². The first-order valence-electron chi connectivity index (χ1n) is 6.53. The average molecular weight is 330 g/mol. The molecule has 20 heavy (non-hydrogen) atoms. The topological polar surface area (TPSA) is 30.7 Å². The van der Waals surface area contributed by atoms with E-state index in [2.05, 4.69) is 35.5 Å². The number of hydrogen-bond acceptors (Lipinski definition) is 3. The molecule has 2 rings (SSSR count). The number of thioether (sulfide) groups is 1. The van der Waals surface area contributed by atoms with Gasteiger partial charge in [0.25, 0.3) is 0 Å². The van der Waals surface area contributed by atoms with Gasteiger partial charge in [0.05, 0.1) is 0 Å². The fourth-order valence-corrected chi connectivity index (χ4v) is 3.69. The van der Waals surface area contributed by atoms with Crippen molar-refractivity contribution in [2.24, 2.45) is 0 Å². The average Bonchev–Trinajstić information content (AvgIpc) is 2.81. The molecule has 1 aromatic heterocycles. The van der Waals surface area contributed by atoms with Crippen molar-refractivity contribution < 1.29 is 0 Å². The summed E-state index contributed by atoms with van der Waals surface area (Å²) in [6.45, 7) is 7.20. The van der Waals surface area contributed by atoms with Crippen LogP contribution in [0.1, 0.15) is 38.1 Å². The second-order valence-electron chi connectivity index (χ2n) is 4.73. The van der Waals surface area contributed by atoms with Crippen LogP contribution >= 0.6 is 35.0 Å². The molecular weight excluding hydrogens is 313 g/mol. The van der Waals surface area contributed by atoms with Gasteiger partial charge in [0.15, 0.2) is 5.16 Å². The van der Waals surface area contributed by atoms with Crippen molar-refractivity contribution in [3.63, 3.8) is 0 Å². The molecule has 0 aliphatic rings. The smallest absolute Gasteiger partial charge is 0.191 e. The quantitative estimate of drug-likeness (QED) is 0.721. The molecule has 0 aliphatic heterocycles. The zero-order valence-corrected chi connectivity index (χ0v) is 14.1. The summed E-state index contributed by atoms with van der Waals surface area (Å²) in [5.41, 5.74) is 0.942. The number of nitrogens with zero attached hydrogens (tertiary/aromatic N) is 3. The summed E-state index contributed by atoms with van der Waals surface area (Å²) in [5, 5.41) is 10.8. The Labute approximate surface area is 133 Å². The molecule has 0 fully saturated rings. The number of hydrogen-bond donors (Lipinski definition) is 0. The molecule has 6 heteroatoms. The Balaban J connectivity index is 2.19. The van der Waals surface area contributed by atoms with E-state index in [4.69, 9.17) is 23.2 Å². The van der Waals surface area contributed by atoms with Crippen LogP contribution in [0.2, 0.25) is 10.0 Å². The molecule has 0 spiro atoms. The highest BCUT2D eigenvalue weighted by Crippen LogP contribution is 2.31. The van der Waals surface area contributed by atoms with Crippen LogP contribution in [0.15, 0.2) is 23.4 Å². The zero-order chi connectivity index (χ0) is 14.7. The van der Waals surface area contributed by atoms with Crippen LogP contribution in [-0.4, -0.2) is 14.8 Å². The van der Waals surface area contributed by atoms with E-state index in [9.17, 15) is 0 Å². The van der Waals surface area contributed by atoms with Crippen molar-refractivity contribution >= 4 is 35.0 Å². The van der Waals surface area contributed by atoms with Gasteiger partial charge in [0.2, 0.25) is 0 Å². The van der Waals surface area contributed by atoms with Gasteiger partial charge >= 0.3 is 0 Å². The molecule has 0 amide bonds. The molecule has 2 aromatic rings. The number of benzene rings is 1. The summed E-state index contributed by atoms with van der Waals surface area (Å²) in [6, 6.07) is 5.56. The van der Waals surface area contributed by atoms with E-state index in [0.717, 1.165) is 23.1 Å². The third-order valence-corrected chi connectivity index (χ3v) is 4.69. The predicted molar refractivity (Wildman–Crippen MR) is 85.8 cm³/mol. The molecule has 0 unspecified atom stereocenters. The van der Waals surface area contributed by atoms with Gasteiger partial charge in [-0.2, -0.15) is 0 Å². The van der Waals surface area contributed by atoms with Crippen LogP contribution in [0.25, 0.3) is 0 Å². The minimum Gasteiger partial charge on any atom is -0.306 e. The van der Waals surface area contributed by atoms with Crippen molar-refractivity contribution in [3.8, 4) is 0 Å². The van der Waals surface area contributed by atoms with Gasteiger partial charge in [0, 0.05) is 28.3 Å². The van der Waals surface area contributed by atoms with Crippen LogP contribution in [0.4, 0.5) is 0 Å². The largest absolute Gasteiger partial charge is 0.306 e. The monoisotopic (exact) mass is 329 g/mol. The molecule has 0 atom stereocenters. The van der Waals surface area contributed by atoms with Crippen molar-refractivity contribution in [1.82, 2.24) is 14.8 Å². The Hall–Kier alpha value is -0.710. The highest BCUT2D eigenvalue weighted by molar-refractivity contribution is 7.98. The Bertz CT molecular complexity index is 576. The minimum atomic E-state index is 0.362. The van der Waals surface area contributed by atoms with E-state index in [-0.39, 0.29) is 0 Å². The van der Waals surface area contributed by atoms with Gasteiger partial charge < -0.3 is 4.57 Å². The second kappa shape index (κ2) is 6.83. The van der Waals surface area contributed by atoms with Crippen LogP contribution < -0.4 is 0 Å². The van der Waals surface area contributed by atoms with Gasteiger partial charge in [-0.25, -0.2) is 0 Å². The van der Waals surface area contributed by atoms with E-state index >= 15 is 0 Å². The van der Waals surface area contributed by atoms with Crippen molar-refractivity contribution in [1.29, 1.82) is 0 Å². The van der Waals surface area contributed by atoms with Crippen molar-refractivity contribution in [3.05, 3.63) is 39.6 Å². The minimum absolute atomic E-state index is 0.362. The van der Waals surface area contributed by atoms with E-state index in [1.807, 2.05) is 18.2 Å². The highest BCUT2D eigenvalue weighted by Gasteiger charge is 2.15. The molecular formula is C14H17Cl2N3S. The van der Waals surface area contributed by atoms with Crippen LogP contribution in [0, 0.1) is 0 Å². The fourth-order valence-electron chi connectivity index (χ4n) is 1.94. The molecule has 0 radical (unpaired) electrons. The standard InChI is InChI=1S/C14H17Cl2N3S/c1-4-19-13(9(2)3)17-18-14(19)20-8-10-11(15)6-5-7-12(10)16/h5-7,9H,4,8H2,1-3H3. The van der Waals surface area contributed by atoms with Crippen molar-refractivity contribution in [2.45, 2.75) is 44.1 Å². The highest BCUT2D eigenvalue weighted by atomic mass is 35.5. The van der Waals surface area contributed by atoms with Crippen molar-refractivity contribution in [2.75, 3.05) is 0 Å². The van der Waals surface area contributed by atoms with E-state index < -0.39 is 0 Å². The normalized spacial score (nSPS) is 11.3. The summed E-state index contributed by atoms with van der Waals surface area (Å²) < 4.78 is 2.14. The molecule has 108 valence electrons. The Morgan fingerprint density at radius 3 is 2.40 bits per heavy atom. The summed E-state index contributed by atoms with van der Waals surface area (Å²) in [7, 11) is 0. The molecule has 0 saturated carbocycles. The second-order valence-corrected chi connectivity index (χ2v) is 6.49. The third kappa shape index (κ3) is 3.30. The first-order valence-corrected chi connectivity index (χ1v) is 8.27. The summed E-state index contributed by atoms with van der Waals surface area (Å²) >= 11 is 14.0. The van der Waals surface area contributed by atoms with Gasteiger partial charge in [-0.05, 0) is 24.6 Å². The first kappa shape index (κ1) is 15.7. The maximum absolute atomic E-state index is 6.18. The lowest BCUT2D eigenvalue weighted by Gasteiger charge is -2.10. The Kier molecular flexibility index (Phi) is 5.35. The molecule has 0 saturated heterocycles. The van der Waals surface area contributed by atoms with Crippen LogP contribution in [0.3, 0.4) is 0 Å². The number of rotatable bonds is 5. The summed E-state index contributed by atoms with van der Waals surface area (Å²) in [4.78, 5) is 0. The predicted octanol–water partition coefficient (Wildman–Crippen LogP) is 5.02. The molecule has 1 aromatic carbocycles. The van der Waals surface area contributed by atoms with E-state index in [1.54, 1.807) is 11.8 Å². The van der Waals surface area contributed by atoms with Gasteiger partial charge in [-0.3, -0.25) is 0 Å². The lowest BCUT2D eigenvalue weighted by atomic mass is 10.2. The Morgan fingerprint density at radius 1 is 1.20 bits per heavy atom. The molecule has 1 heterocycles. The third-order valence-electron chi connectivity index (χ3n) is 2.99. The Morgan fingerprint density at radius 2 is 1.85 bits per heavy atom. The van der Waals surface area contributed by atoms with E-state index in [0.29, 0.717) is 21.7 Å². The molecule has 3 nitrogen and oxygen atoms in total.